The van der Waals surface area contributed by atoms with Gasteiger partial charge in [-0.3, -0.25) is 9.59 Å². The van der Waals surface area contributed by atoms with Gasteiger partial charge in [0.25, 0.3) is 0 Å². The van der Waals surface area contributed by atoms with Gasteiger partial charge < -0.3 is 10.2 Å². The molecule has 2 amide bonds. The Balaban J connectivity index is 2.43. The van der Waals surface area contributed by atoms with Crippen LogP contribution in [-0.2, 0) is 26.3 Å². The highest BCUT2D eigenvalue weighted by Gasteiger charge is 2.33. The average molecular weight is 489 g/mol. The molecule has 1 atom stereocenters. The van der Waals surface area contributed by atoms with E-state index in [4.69, 9.17) is 0 Å². The monoisotopic (exact) mass is 488 g/mol. The van der Waals surface area contributed by atoms with E-state index < -0.39 is 34.2 Å². The Hall–Kier alpha value is -2.91. The molecule has 0 aliphatic rings. The van der Waals surface area contributed by atoms with E-state index in [9.17, 15) is 18.0 Å². The van der Waals surface area contributed by atoms with E-state index in [0.29, 0.717) is 5.69 Å². The van der Waals surface area contributed by atoms with Gasteiger partial charge in [-0.1, -0.05) is 48.0 Å². The van der Waals surface area contributed by atoms with Crippen molar-refractivity contribution in [3.05, 3.63) is 65.7 Å². The van der Waals surface area contributed by atoms with E-state index >= 15 is 0 Å². The van der Waals surface area contributed by atoms with Crippen LogP contribution in [0.1, 0.15) is 38.8 Å². The van der Waals surface area contributed by atoms with Crippen LogP contribution in [0.4, 0.5) is 5.69 Å². The molecule has 186 valence electrons. The van der Waals surface area contributed by atoms with E-state index in [1.165, 1.54) is 19.0 Å². The summed E-state index contributed by atoms with van der Waals surface area (Å²) in [6.45, 7) is 8.95. The number of anilines is 1. The first-order valence-corrected chi connectivity index (χ1v) is 12.5. The number of nitrogens with one attached hydrogen (secondary N) is 1. The highest BCUT2D eigenvalue weighted by atomic mass is 32.2. The Morgan fingerprint density at radius 1 is 0.971 bits per heavy atom. The molecule has 1 N–H and O–H groups in total. The van der Waals surface area contributed by atoms with Crippen LogP contribution in [0.25, 0.3) is 0 Å². The van der Waals surface area contributed by atoms with Crippen LogP contribution < -0.4 is 9.62 Å². The number of carbonyl (C=O) groups is 2. The Morgan fingerprint density at radius 2 is 1.53 bits per heavy atom. The first kappa shape index (κ1) is 27.3. The third-order valence-electron chi connectivity index (χ3n) is 5.20. The number of carbonyl (C=O) groups excluding carboxylic acids is 2. The lowest BCUT2D eigenvalue weighted by Gasteiger charge is -2.34. The summed E-state index contributed by atoms with van der Waals surface area (Å²) in [6.07, 6.45) is 0. The number of hydrogen-bond acceptors (Lipinski definition) is 4. The lowest BCUT2D eigenvalue weighted by Crippen LogP contribution is -2.54. The van der Waals surface area contributed by atoms with Crippen LogP contribution in [0, 0.1) is 6.92 Å². The summed E-state index contributed by atoms with van der Waals surface area (Å²) in [6, 6.07) is 15.3. The minimum atomic E-state index is -3.96. The van der Waals surface area contributed by atoms with Gasteiger partial charge in [-0.15, -0.1) is 0 Å². The Morgan fingerprint density at radius 3 is 2.03 bits per heavy atom. The van der Waals surface area contributed by atoms with Crippen LogP contribution >= 0.6 is 0 Å². The maximum absolute atomic E-state index is 13.6. The molecule has 0 aliphatic carbocycles. The van der Waals surface area contributed by atoms with Gasteiger partial charge >= 0.3 is 10.2 Å². The molecule has 0 radical (unpaired) electrons. The molecular weight excluding hydrogens is 452 g/mol. The van der Waals surface area contributed by atoms with Crippen molar-refractivity contribution in [3.63, 3.8) is 0 Å². The first-order chi connectivity index (χ1) is 15.7. The summed E-state index contributed by atoms with van der Waals surface area (Å²) in [5.41, 5.74) is 1.81. The zero-order chi connectivity index (χ0) is 25.7. The molecule has 0 aliphatic heterocycles. The molecule has 8 nitrogen and oxygen atoms in total. The van der Waals surface area contributed by atoms with Crippen LogP contribution in [0.2, 0.25) is 0 Å². The summed E-state index contributed by atoms with van der Waals surface area (Å²) in [7, 11) is -1.12. The molecule has 0 aromatic heterocycles. The summed E-state index contributed by atoms with van der Waals surface area (Å²) < 4.78 is 28.3. The number of para-hydroxylation sites is 1. The SMILES string of the molecule is Cc1ccc(CN(C(=O)CN(c2ccccc2)S(=O)(=O)N(C)C)[C@H](C)C(=O)NC(C)(C)C)cc1. The van der Waals surface area contributed by atoms with E-state index in [1.54, 1.807) is 37.3 Å². The van der Waals surface area contributed by atoms with Crippen LogP contribution in [0.15, 0.2) is 54.6 Å². The fraction of sp³-hybridized carbons (Fsp3) is 0.440. The second-order valence-electron chi connectivity index (χ2n) is 9.55. The first-order valence-electron chi connectivity index (χ1n) is 11.1. The molecule has 2 aromatic carbocycles. The van der Waals surface area contributed by atoms with Crippen LogP contribution in [0.5, 0.6) is 0 Å². The van der Waals surface area contributed by atoms with Gasteiger partial charge in [0.05, 0.1) is 5.69 Å². The van der Waals surface area contributed by atoms with Gasteiger partial charge in [0.2, 0.25) is 11.8 Å². The largest absolute Gasteiger partial charge is 0.350 e. The smallest absolute Gasteiger partial charge is 0.304 e. The fourth-order valence-corrected chi connectivity index (χ4v) is 4.31. The number of nitrogens with zero attached hydrogens (tertiary/aromatic N) is 3. The third kappa shape index (κ3) is 7.30. The van der Waals surface area contributed by atoms with Crippen LogP contribution in [0.3, 0.4) is 0 Å². The molecule has 0 unspecified atom stereocenters. The maximum atomic E-state index is 13.6. The average Bonchev–Trinajstić information content (AvgIpc) is 2.75. The number of amides is 2. The van der Waals surface area contributed by atoms with Gasteiger partial charge in [0.15, 0.2) is 0 Å². The standard InChI is InChI=1S/C25H36N4O4S/c1-19-13-15-21(16-14-19)17-28(20(2)24(31)26-25(3,4)5)23(30)18-29(34(32,33)27(6)7)22-11-9-8-10-12-22/h8-16,20H,17-18H2,1-7H3,(H,26,31)/t20-/m1/s1. The maximum Gasteiger partial charge on any atom is 0.304 e. The molecule has 0 saturated carbocycles. The summed E-state index contributed by atoms with van der Waals surface area (Å²) >= 11 is 0. The molecule has 0 saturated heterocycles. The zero-order valence-corrected chi connectivity index (χ0v) is 21.9. The van der Waals surface area contributed by atoms with Gasteiger partial charge in [0.1, 0.15) is 12.6 Å². The van der Waals surface area contributed by atoms with Crippen molar-refractivity contribution in [3.8, 4) is 0 Å². The van der Waals surface area contributed by atoms with E-state index in [2.05, 4.69) is 5.32 Å². The molecule has 2 rings (SSSR count). The number of rotatable bonds is 9. The Bertz CT molecular complexity index is 1080. The Labute approximate surface area is 203 Å². The number of hydrogen-bond donors (Lipinski definition) is 1. The molecule has 0 bridgehead atoms. The molecule has 9 heteroatoms. The molecule has 34 heavy (non-hydrogen) atoms. The van der Waals surface area contributed by atoms with E-state index in [1.807, 2.05) is 52.0 Å². The lowest BCUT2D eigenvalue weighted by molar-refractivity contribution is -0.140. The quantitative estimate of drug-likeness (QED) is 0.588. The molecule has 2 aromatic rings. The minimum absolute atomic E-state index is 0.169. The normalized spacial score (nSPS) is 12.8. The van der Waals surface area contributed by atoms with Gasteiger partial charge in [-0.05, 0) is 52.3 Å². The van der Waals surface area contributed by atoms with Crippen molar-refractivity contribution in [2.24, 2.45) is 0 Å². The second-order valence-corrected chi connectivity index (χ2v) is 11.6. The topological polar surface area (TPSA) is 90.0 Å². The predicted molar refractivity (Wildman–Crippen MR) is 135 cm³/mol. The van der Waals surface area contributed by atoms with Crippen molar-refractivity contribution in [2.75, 3.05) is 24.9 Å². The third-order valence-corrected chi connectivity index (χ3v) is 7.02. The lowest BCUT2D eigenvalue weighted by atomic mass is 10.1. The van der Waals surface area contributed by atoms with E-state index in [-0.39, 0.29) is 12.5 Å². The van der Waals surface area contributed by atoms with E-state index in [0.717, 1.165) is 19.7 Å². The fourth-order valence-electron chi connectivity index (χ4n) is 3.26. The van der Waals surface area contributed by atoms with Crippen molar-refractivity contribution in [1.29, 1.82) is 0 Å². The zero-order valence-electron chi connectivity index (χ0n) is 21.1. The number of benzene rings is 2. The molecule has 0 spiro atoms. The molecule has 0 heterocycles. The van der Waals surface area contributed by atoms with Crippen molar-refractivity contribution < 1.29 is 18.0 Å². The summed E-state index contributed by atoms with van der Waals surface area (Å²) in [4.78, 5) is 28.0. The van der Waals surface area contributed by atoms with Gasteiger partial charge in [-0.2, -0.15) is 12.7 Å². The minimum Gasteiger partial charge on any atom is -0.350 e. The highest BCUT2D eigenvalue weighted by Crippen LogP contribution is 2.20. The summed E-state index contributed by atoms with van der Waals surface area (Å²) in [5, 5.41) is 2.91. The van der Waals surface area contributed by atoms with Crippen molar-refractivity contribution >= 4 is 27.7 Å². The summed E-state index contributed by atoms with van der Waals surface area (Å²) in [5.74, 6) is -0.791. The van der Waals surface area contributed by atoms with Crippen molar-refractivity contribution in [2.45, 2.75) is 52.7 Å². The van der Waals surface area contributed by atoms with Gasteiger partial charge in [0, 0.05) is 26.2 Å². The Kier molecular flexibility index (Phi) is 8.85. The predicted octanol–water partition coefficient (Wildman–Crippen LogP) is 2.94. The second kappa shape index (κ2) is 11.0. The molecule has 0 fully saturated rings. The van der Waals surface area contributed by atoms with Crippen molar-refractivity contribution in [1.82, 2.24) is 14.5 Å². The van der Waals surface area contributed by atoms with Gasteiger partial charge in [-0.25, -0.2) is 4.31 Å². The van der Waals surface area contributed by atoms with Crippen LogP contribution in [-0.4, -0.2) is 61.7 Å². The molecular formula is C25H36N4O4S. The number of aryl methyl sites for hydroxylation is 1. The highest BCUT2D eigenvalue weighted by molar-refractivity contribution is 7.90.